The quantitative estimate of drug-likeness (QED) is 0.832. The van der Waals surface area contributed by atoms with Crippen LogP contribution in [-0.4, -0.2) is 18.6 Å². The van der Waals surface area contributed by atoms with Crippen LogP contribution in [0, 0.1) is 11.8 Å². The van der Waals surface area contributed by atoms with E-state index in [-0.39, 0.29) is 12.0 Å². The number of carbonyl (C=O) groups excluding carboxylic acids is 1. The van der Waals surface area contributed by atoms with E-state index in [0.717, 1.165) is 30.6 Å². The summed E-state index contributed by atoms with van der Waals surface area (Å²) in [6.45, 7) is 5.20. The zero-order chi connectivity index (χ0) is 14.6. The number of nitrogens with zero attached hydrogens (tertiary/aromatic N) is 1. The molecule has 1 amide bonds. The monoisotopic (exact) mass is 285 g/mol. The van der Waals surface area contributed by atoms with Crippen LogP contribution in [0.3, 0.4) is 0 Å². The minimum Gasteiger partial charge on any atom is -0.357 e. The van der Waals surface area contributed by atoms with Crippen LogP contribution in [0.4, 0.5) is 5.69 Å². The van der Waals surface area contributed by atoms with Crippen LogP contribution >= 0.6 is 0 Å². The number of ether oxygens (including phenoxy) is 1. The topological polar surface area (TPSA) is 29.5 Å². The molecule has 3 nitrogen and oxygen atoms in total. The maximum atomic E-state index is 13.2. The zero-order valence-electron chi connectivity index (χ0n) is 12.8. The number of hydrogen-bond acceptors (Lipinski definition) is 2. The van der Waals surface area contributed by atoms with Gasteiger partial charge in [0, 0.05) is 12.1 Å². The molecule has 3 aliphatic rings. The van der Waals surface area contributed by atoms with E-state index in [1.165, 1.54) is 12.8 Å². The molecule has 21 heavy (non-hydrogen) atoms. The van der Waals surface area contributed by atoms with Crippen LogP contribution < -0.4 is 4.90 Å². The van der Waals surface area contributed by atoms with Gasteiger partial charge in [-0.1, -0.05) is 25.1 Å². The Bertz CT molecular complexity index is 568. The second-order valence-corrected chi connectivity index (χ2v) is 7.18. The van der Waals surface area contributed by atoms with Gasteiger partial charge in [0.05, 0.1) is 11.8 Å². The highest BCUT2D eigenvalue weighted by Crippen LogP contribution is 2.50. The van der Waals surface area contributed by atoms with Gasteiger partial charge in [-0.2, -0.15) is 0 Å². The summed E-state index contributed by atoms with van der Waals surface area (Å²) in [6.07, 6.45) is 4.51. The van der Waals surface area contributed by atoms with Crippen molar-refractivity contribution in [2.45, 2.75) is 51.2 Å². The van der Waals surface area contributed by atoms with Crippen molar-refractivity contribution in [1.82, 2.24) is 0 Å². The smallest absolute Gasteiger partial charge is 0.264 e. The average molecular weight is 285 g/mol. The van der Waals surface area contributed by atoms with E-state index >= 15 is 0 Å². The Morgan fingerprint density at radius 3 is 2.76 bits per heavy atom. The van der Waals surface area contributed by atoms with Gasteiger partial charge in [0.1, 0.15) is 0 Å². The number of amides is 1. The first-order valence-electron chi connectivity index (χ1n) is 8.19. The standard InChI is InChI=1S/C18H23NO2/c1-12-9-13(2)21-18(10-12)15-5-3-4-6-16(15)19(17(18)20)11-14-7-8-14/h3-6,12-14H,7-11H2,1-2H3/t12-,13+,18+/m0/s1. The highest BCUT2D eigenvalue weighted by atomic mass is 16.5. The Morgan fingerprint density at radius 2 is 2.05 bits per heavy atom. The number of rotatable bonds is 2. The predicted octanol–water partition coefficient (Wildman–Crippen LogP) is 3.47. The minimum absolute atomic E-state index is 0.145. The zero-order valence-corrected chi connectivity index (χ0v) is 12.8. The molecule has 0 bridgehead atoms. The summed E-state index contributed by atoms with van der Waals surface area (Å²) >= 11 is 0. The molecule has 3 heteroatoms. The molecule has 1 aromatic carbocycles. The molecular formula is C18H23NO2. The molecule has 0 N–H and O–H groups in total. The first-order valence-corrected chi connectivity index (χ1v) is 8.19. The van der Waals surface area contributed by atoms with Gasteiger partial charge in [-0.05, 0) is 50.5 Å². The maximum Gasteiger partial charge on any atom is 0.264 e. The van der Waals surface area contributed by atoms with Gasteiger partial charge in [0.2, 0.25) is 0 Å². The van der Waals surface area contributed by atoms with Crippen molar-refractivity contribution >= 4 is 11.6 Å². The van der Waals surface area contributed by atoms with Crippen LogP contribution in [0.1, 0.15) is 45.1 Å². The lowest BCUT2D eigenvalue weighted by Gasteiger charge is -2.39. The molecule has 4 rings (SSSR count). The van der Waals surface area contributed by atoms with E-state index in [4.69, 9.17) is 4.74 Å². The molecule has 0 radical (unpaired) electrons. The van der Waals surface area contributed by atoms with Crippen LogP contribution in [0.2, 0.25) is 0 Å². The molecule has 0 unspecified atom stereocenters. The number of anilines is 1. The molecule has 1 aliphatic carbocycles. The molecule has 2 fully saturated rings. The molecule has 1 saturated carbocycles. The summed E-state index contributed by atoms with van der Waals surface area (Å²) in [7, 11) is 0. The van der Waals surface area contributed by atoms with E-state index in [1.807, 2.05) is 17.0 Å². The van der Waals surface area contributed by atoms with Gasteiger partial charge in [-0.25, -0.2) is 0 Å². The van der Waals surface area contributed by atoms with Crippen molar-refractivity contribution < 1.29 is 9.53 Å². The van der Waals surface area contributed by atoms with Crippen LogP contribution in [-0.2, 0) is 15.1 Å². The van der Waals surface area contributed by atoms with Crippen molar-refractivity contribution in [2.24, 2.45) is 11.8 Å². The van der Waals surface area contributed by atoms with Gasteiger partial charge in [-0.3, -0.25) is 4.79 Å². The number of benzene rings is 1. The number of carbonyl (C=O) groups is 1. The van der Waals surface area contributed by atoms with Gasteiger partial charge in [0.15, 0.2) is 5.60 Å². The maximum absolute atomic E-state index is 13.2. The van der Waals surface area contributed by atoms with E-state index < -0.39 is 5.60 Å². The van der Waals surface area contributed by atoms with Crippen molar-refractivity contribution in [3.05, 3.63) is 29.8 Å². The lowest BCUT2D eigenvalue weighted by molar-refractivity contribution is -0.167. The minimum atomic E-state index is -0.720. The van der Waals surface area contributed by atoms with Gasteiger partial charge >= 0.3 is 0 Å². The van der Waals surface area contributed by atoms with Gasteiger partial charge in [0.25, 0.3) is 5.91 Å². The van der Waals surface area contributed by atoms with Gasteiger partial charge in [-0.15, -0.1) is 0 Å². The fraction of sp³-hybridized carbons (Fsp3) is 0.611. The van der Waals surface area contributed by atoms with Crippen LogP contribution in [0.25, 0.3) is 0 Å². The Morgan fingerprint density at radius 1 is 1.29 bits per heavy atom. The Labute approximate surface area is 126 Å². The SMILES string of the molecule is C[C@H]1C[C@@H](C)O[C@@]2(C1)C(=O)N(CC1CC1)c1ccccc12. The molecular weight excluding hydrogens is 262 g/mol. The Hall–Kier alpha value is -1.35. The van der Waals surface area contributed by atoms with Crippen molar-refractivity contribution in [2.75, 3.05) is 11.4 Å². The lowest BCUT2D eigenvalue weighted by Crippen LogP contribution is -2.48. The van der Waals surface area contributed by atoms with Crippen LogP contribution in [0.15, 0.2) is 24.3 Å². The van der Waals surface area contributed by atoms with E-state index in [9.17, 15) is 4.79 Å². The third kappa shape index (κ3) is 2.02. The normalized spacial score (nSPS) is 35.3. The lowest BCUT2D eigenvalue weighted by atomic mass is 9.81. The fourth-order valence-electron chi connectivity index (χ4n) is 4.12. The summed E-state index contributed by atoms with van der Waals surface area (Å²) in [5.74, 6) is 1.39. The highest BCUT2D eigenvalue weighted by molar-refractivity contribution is 6.07. The molecule has 2 aliphatic heterocycles. The average Bonchev–Trinajstić information content (AvgIpc) is 3.23. The first-order chi connectivity index (χ1) is 10.1. The summed E-state index contributed by atoms with van der Waals surface area (Å²) in [5, 5.41) is 0. The third-order valence-corrected chi connectivity index (χ3v) is 5.13. The molecule has 0 aromatic heterocycles. The summed E-state index contributed by atoms with van der Waals surface area (Å²) in [5.41, 5.74) is 1.45. The molecule has 1 aromatic rings. The summed E-state index contributed by atoms with van der Waals surface area (Å²) in [4.78, 5) is 15.2. The Balaban J connectivity index is 1.78. The Kier molecular flexibility index (Phi) is 2.90. The largest absolute Gasteiger partial charge is 0.357 e. The second kappa shape index (κ2) is 4.57. The second-order valence-electron chi connectivity index (χ2n) is 7.18. The van der Waals surface area contributed by atoms with E-state index in [0.29, 0.717) is 11.8 Å². The number of fused-ring (bicyclic) bond motifs is 2. The number of hydrogen-bond donors (Lipinski definition) is 0. The summed E-state index contributed by atoms with van der Waals surface area (Å²) in [6, 6.07) is 8.23. The van der Waals surface area contributed by atoms with Gasteiger partial charge < -0.3 is 9.64 Å². The first kappa shape index (κ1) is 13.3. The molecule has 2 heterocycles. The van der Waals surface area contributed by atoms with E-state index in [1.54, 1.807) is 0 Å². The fourth-order valence-corrected chi connectivity index (χ4v) is 4.12. The van der Waals surface area contributed by atoms with Crippen molar-refractivity contribution in [3.8, 4) is 0 Å². The number of para-hydroxylation sites is 1. The predicted molar refractivity (Wildman–Crippen MR) is 82.1 cm³/mol. The molecule has 1 spiro atoms. The third-order valence-electron chi connectivity index (χ3n) is 5.13. The summed E-state index contributed by atoms with van der Waals surface area (Å²) < 4.78 is 6.28. The highest BCUT2D eigenvalue weighted by Gasteiger charge is 2.55. The molecule has 1 saturated heterocycles. The van der Waals surface area contributed by atoms with Crippen molar-refractivity contribution in [3.63, 3.8) is 0 Å². The van der Waals surface area contributed by atoms with E-state index in [2.05, 4.69) is 26.0 Å². The van der Waals surface area contributed by atoms with Crippen molar-refractivity contribution in [1.29, 1.82) is 0 Å². The molecule has 3 atom stereocenters. The van der Waals surface area contributed by atoms with Crippen LogP contribution in [0.5, 0.6) is 0 Å². The molecule has 112 valence electrons.